The molecule has 0 fully saturated rings. The number of carbonyl (C=O) groups is 1. The van der Waals surface area contributed by atoms with E-state index in [0.29, 0.717) is 17.1 Å². The smallest absolute Gasteiger partial charge is 0.267 e. The fraction of sp³-hybridized carbons (Fsp3) is 0.240. The predicted molar refractivity (Wildman–Crippen MR) is 143 cm³/mol. The molecule has 3 aromatic carbocycles. The van der Waals surface area contributed by atoms with Gasteiger partial charge < -0.3 is 19.5 Å². The molecule has 11 nitrogen and oxygen atoms in total. The quantitative estimate of drug-likeness (QED) is 0.406. The summed E-state index contributed by atoms with van der Waals surface area (Å²) >= 11 is 0. The van der Waals surface area contributed by atoms with Gasteiger partial charge in [0.25, 0.3) is 15.9 Å². The van der Waals surface area contributed by atoms with Gasteiger partial charge in [-0.3, -0.25) is 13.8 Å². The summed E-state index contributed by atoms with van der Waals surface area (Å²) in [6.45, 7) is 1.33. The van der Waals surface area contributed by atoms with E-state index < -0.39 is 32.1 Å². The molecule has 4 rings (SSSR count). The summed E-state index contributed by atoms with van der Waals surface area (Å²) in [7, 11) is -4.72. The highest BCUT2D eigenvalue weighted by molar-refractivity contribution is 7.93. The Balaban J connectivity index is 1.49. The molecule has 1 atom stereocenters. The summed E-state index contributed by atoms with van der Waals surface area (Å²) in [6.07, 6.45) is -1.11. The largest absolute Gasteiger partial charge is 0.497 e. The number of ether oxygens (including phenoxy) is 3. The fourth-order valence-corrected chi connectivity index (χ4v) is 5.98. The standard InChI is InChI=1S/C25H27N3O8S2/c1-4-37(30,31)28-16-24(36-22-8-6-5-7-21(22)28)25(29)26-17-9-12-19(13-10-17)38(32,33)27-20-14-11-18(34-2)15-23(20)35-3/h5-15,24,27H,4,16H2,1-3H3,(H,26,29). The Morgan fingerprint density at radius 3 is 2.37 bits per heavy atom. The van der Waals surface area contributed by atoms with Crippen molar-refractivity contribution in [3.05, 3.63) is 66.7 Å². The third-order valence-electron chi connectivity index (χ3n) is 5.81. The molecule has 0 bridgehead atoms. The molecular weight excluding hydrogens is 534 g/mol. The molecular formula is C25H27N3O8S2. The first-order valence-corrected chi connectivity index (χ1v) is 14.6. The fourth-order valence-electron chi connectivity index (χ4n) is 3.78. The molecule has 0 aliphatic carbocycles. The second kappa shape index (κ2) is 10.8. The highest BCUT2D eigenvalue weighted by atomic mass is 32.2. The van der Waals surface area contributed by atoms with Crippen LogP contribution in [0, 0.1) is 0 Å². The molecule has 202 valence electrons. The number of nitrogens with one attached hydrogen (secondary N) is 2. The summed E-state index contributed by atoms with van der Waals surface area (Å²) in [6, 6.07) is 16.8. The molecule has 0 radical (unpaired) electrons. The zero-order valence-corrected chi connectivity index (χ0v) is 22.5. The maximum absolute atomic E-state index is 13.0. The third kappa shape index (κ3) is 5.63. The summed E-state index contributed by atoms with van der Waals surface area (Å²) < 4.78 is 70.9. The van der Waals surface area contributed by atoms with E-state index in [0.717, 1.165) is 0 Å². The number of rotatable bonds is 9. The van der Waals surface area contributed by atoms with Crippen LogP contribution >= 0.6 is 0 Å². The van der Waals surface area contributed by atoms with Crippen molar-refractivity contribution in [2.75, 3.05) is 40.9 Å². The first-order valence-electron chi connectivity index (χ1n) is 11.5. The number of carbonyl (C=O) groups excluding carboxylic acids is 1. The van der Waals surface area contributed by atoms with E-state index in [4.69, 9.17) is 14.2 Å². The Bertz CT molecular complexity index is 1540. The number of para-hydroxylation sites is 2. The third-order valence-corrected chi connectivity index (χ3v) is 8.94. The van der Waals surface area contributed by atoms with E-state index in [2.05, 4.69) is 10.0 Å². The van der Waals surface area contributed by atoms with Gasteiger partial charge in [0.1, 0.15) is 17.2 Å². The van der Waals surface area contributed by atoms with Gasteiger partial charge in [-0.05, 0) is 55.5 Å². The molecule has 0 aromatic heterocycles. The van der Waals surface area contributed by atoms with Crippen molar-refractivity contribution in [2.24, 2.45) is 0 Å². The van der Waals surface area contributed by atoms with Gasteiger partial charge in [0.15, 0.2) is 6.10 Å². The van der Waals surface area contributed by atoms with Crippen LogP contribution in [-0.4, -0.2) is 55.4 Å². The Morgan fingerprint density at radius 1 is 1.00 bits per heavy atom. The van der Waals surface area contributed by atoms with Gasteiger partial charge in [-0.25, -0.2) is 16.8 Å². The molecule has 2 N–H and O–H groups in total. The highest BCUT2D eigenvalue weighted by Crippen LogP contribution is 2.35. The molecule has 0 spiro atoms. The van der Waals surface area contributed by atoms with E-state index in [1.807, 2.05) is 0 Å². The first-order chi connectivity index (χ1) is 18.1. The van der Waals surface area contributed by atoms with E-state index in [9.17, 15) is 21.6 Å². The zero-order valence-electron chi connectivity index (χ0n) is 20.9. The Kier molecular flexibility index (Phi) is 7.69. The van der Waals surface area contributed by atoms with Crippen molar-refractivity contribution in [1.29, 1.82) is 0 Å². The molecule has 1 heterocycles. The predicted octanol–water partition coefficient (Wildman–Crippen LogP) is 3.06. The number of hydrogen-bond donors (Lipinski definition) is 2. The first kappa shape index (κ1) is 27.1. The minimum absolute atomic E-state index is 0.0450. The van der Waals surface area contributed by atoms with Crippen molar-refractivity contribution in [3.8, 4) is 17.2 Å². The molecule has 1 aliphatic rings. The Morgan fingerprint density at radius 2 is 1.71 bits per heavy atom. The van der Waals surface area contributed by atoms with Crippen LogP contribution in [0.25, 0.3) is 0 Å². The van der Waals surface area contributed by atoms with Crippen molar-refractivity contribution in [2.45, 2.75) is 17.9 Å². The molecule has 1 aliphatic heterocycles. The summed E-state index contributed by atoms with van der Waals surface area (Å²) in [5, 5.41) is 2.66. The van der Waals surface area contributed by atoms with E-state index >= 15 is 0 Å². The monoisotopic (exact) mass is 561 g/mol. The lowest BCUT2D eigenvalue weighted by Gasteiger charge is -2.34. The van der Waals surface area contributed by atoms with Crippen LogP contribution in [0.15, 0.2) is 71.6 Å². The van der Waals surface area contributed by atoms with E-state index in [-0.39, 0.29) is 34.4 Å². The molecule has 0 saturated heterocycles. The van der Waals surface area contributed by atoms with Crippen molar-refractivity contribution in [1.82, 2.24) is 0 Å². The number of fused-ring (bicyclic) bond motifs is 1. The van der Waals surface area contributed by atoms with Crippen molar-refractivity contribution in [3.63, 3.8) is 0 Å². The number of nitrogens with zero attached hydrogens (tertiary/aromatic N) is 1. The average Bonchev–Trinajstić information content (AvgIpc) is 2.92. The van der Waals surface area contributed by atoms with Gasteiger partial charge in [0.05, 0.1) is 42.8 Å². The van der Waals surface area contributed by atoms with E-state index in [1.54, 1.807) is 36.4 Å². The average molecular weight is 562 g/mol. The molecule has 0 saturated carbocycles. The van der Waals surface area contributed by atoms with Gasteiger partial charge in [-0.1, -0.05) is 12.1 Å². The Labute approximate surface area is 221 Å². The number of amides is 1. The van der Waals surface area contributed by atoms with E-state index in [1.165, 1.54) is 55.8 Å². The van der Waals surface area contributed by atoms with Gasteiger partial charge in [-0.2, -0.15) is 0 Å². The number of methoxy groups -OCH3 is 2. The van der Waals surface area contributed by atoms with Crippen molar-refractivity contribution < 1.29 is 35.8 Å². The maximum Gasteiger partial charge on any atom is 0.267 e. The lowest BCUT2D eigenvalue weighted by Crippen LogP contribution is -2.49. The van der Waals surface area contributed by atoms with Gasteiger partial charge in [0.2, 0.25) is 10.0 Å². The minimum atomic E-state index is -3.97. The van der Waals surface area contributed by atoms with Gasteiger partial charge in [-0.15, -0.1) is 0 Å². The van der Waals surface area contributed by atoms with Crippen LogP contribution in [0.5, 0.6) is 17.2 Å². The van der Waals surface area contributed by atoms with Crippen LogP contribution in [0.4, 0.5) is 17.1 Å². The second-order valence-corrected chi connectivity index (χ2v) is 12.1. The van der Waals surface area contributed by atoms with Gasteiger partial charge >= 0.3 is 0 Å². The molecule has 1 amide bonds. The van der Waals surface area contributed by atoms with Crippen LogP contribution in [-0.2, 0) is 24.8 Å². The lowest BCUT2D eigenvalue weighted by atomic mass is 10.2. The number of benzene rings is 3. The molecule has 38 heavy (non-hydrogen) atoms. The number of anilines is 3. The SMILES string of the molecule is CCS(=O)(=O)N1CC(C(=O)Nc2ccc(S(=O)(=O)Nc3ccc(OC)cc3OC)cc2)Oc2ccccc21. The Hall–Kier alpha value is -3.97. The molecule has 1 unspecified atom stereocenters. The summed E-state index contributed by atoms with van der Waals surface area (Å²) in [4.78, 5) is 12.9. The van der Waals surface area contributed by atoms with Crippen molar-refractivity contribution >= 4 is 43.0 Å². The highest BCUT2D eigenvalue weighted by Gasteiger charge is 2.36. The van der Waals surface area contributed by atoms with Gasteiger partial charge in [0, 0.05) is 11.8 Å². The van der Waals surface area contributed by atoms with Crippen LogP contribution in [0.3, 0.4) is 0 Å². The normalized spacial score (nSPS) is 15.1. The lowest BCUT2D eigenvalue weighted by molar-refractivity contribution is -0.122. The summed E-state index contributed by atoms with van der Waals surface area (Å²) in [5.41, 5.74) is 0.907. The zero-order chi connectivity index (χ0) is 27.5. The van der Waals surface area contributed by atoms with Crippen LogP contribution in [0.1, 0.15) is 6.92 Å². The number of sulfonamides is 2. The minimum Gasteiger partial charge on any atom is -0.497 e. The van der Waals surface area contributed by atoms with Crippen LogP contribution < -0.4 is 28.6 Å². The molecule has 3 aromatic rings. The second-order valence-electron chi connectivity index (χ2n) is 8.19. The van der Waals surface area contributed by atoms with Crippen LogP contribution in [0.2, 0.25) is 0 Å². The maximum atomic E-state index is 13.0. The topological polar surface area (TPSA) is 140 Å². The molecule has 13 heteroatoms. The summed E-state index contributed by atoms with van der Waals surface area (Å²) in [5.74, 6) is 0.350. The number of hydrogen-bond acceptors (Lipinski definition) is 8.